The normalized spacial score (nSPS) is 18.1. The molecule has 0 bridgehead atoms. The van der Waals surface area contributed by atoms with Gasteiger partial charge in [-0.2, -0.15) is 5.26 Å². The maximum absolute atomic E-state index is 10.7. The smallest absolute Gasteiger partial charge is 0.545 e. The molecule has 0 aliphatic carbocycles. The van der Waals surface area contributed by atoms with Gasteiger partial charge in [-0.1, -0.05) is 0 Å². The molecule has 20 heavy (non-hydrogen) atoms. The Balaban J connectivity index is 0.00000200. The summed E-state index contributed by atoms with van der Waals surface area (Å²) in [5.74, 6) is -0.403. The van der Waals surface area contributed by atoms with Crippen LogP contribution in [0, 0.1) is 17.2 Å². The third kappa shape index (κ3) is 4.01. The molecule has 2 rings (SSSR count). The zero-order valence-corrected chi connectivity index (χ0v) is 11.8. The summed E-state index contributed by atoms with van der Waals surface area (Å²) >= 11 is 0. The van der Waals surface area contributed by atoms with E-state index >= 15 is 0 Å². The second kappa shape index (κ2) is 7.35. The summed E-state index contributed by atoms with van der Waals surface area (Å²) in [5, 5.41) is 19.7. The number of aromatic carboxylic acids is 1. The number of carboxylic acids is 1. The molecule has 0 saturated carbocycles. The van der Waals surface area contributed by atoms with E-state index in [2.05, 4.69) is 11.9 Å². The summed E-state index contributed by atoms with van der Waals surface area (Å²) in [7, 11) is 2.06. The number of ether oxygens (including phenoxy) is 1. The molecule has 100 valence electrons. The van der Waals surface area contributed by atoms with Crippen molar-refractivity contribution in [2.45, 2.75) is 6.42 Å². The summed E-state index contributed by atoms with van der Waals surface area (Å²) in [4.78, 5) is 13.0. The van der Waals surface area contributed by atoms with Crippen molar-refractivity contribution in [3.05, 3.63) is 29.3 Å². The molecule has 1 fully saturated rings. The topological polar surface area (TPSA) is 76.4 Å². The second-order valence-corrected chi connectivity index (χ2v) is 4.84. The summed E-state index contributed by atoms with van der Waals surface area (Å²) in [5.41, 5.74) is 0.220. The Labute approximate surface area is 130 Å². The first-order valence-electron chi connectivity index (χ1n) is 6.17. The monoisotopic (exact) mass is 266 g/mol. The van der Waals surface area contributed by atoms with Crippen LogP contribution in [-0.4, -0.2) is 37.6 Å². The standard InChI is InChI=1S/C14H16N2O3.Li/c1-16-5-4-10(8-16)9-19-13-3-2-11(14(17)18)6-12(13)7-15;/h2-3,6,10H,4-5,8-9H2,1H3,(H,17,18);/q;+1/p-1. The van der Waals surface area contributed by atoms with E-state index in [1.54, 1.807) is 0 Å². The third-order valence-electron chi connectivity index (χ3n) is 3.30. The van der Waals surface area contributed by atoms with Gasteiger partial charge in [-0.3, -0.25) is 0 Å². The van der Waals surface area contributed by atoms with Crippen molar-refractivity contribution in [1.29, 1.82) is 5.26 Å². The molecule has 0 spiro atoms. The van der Waals surface area contributed by atoms with Gasteiger partial charge in [0.05, 0.1) is 18.1 Å². The van der Waals surface area contributed by atoms with Gasteiger partial charge in [0.25, 0.3) is 0 Å². The van der Waals surface area contributed by atoms with E-state index in [0.29, 0.717) is 18.3 Å². The maximum atomic E-state index is 10.7. The Kier molecular flexibility index (Phi) is 6.10. The number of hydrogen-bond donors (Lipinski definition) is 0. The van der Waals surface area contributed by atoms with Gasteiger partial charge in [0.2, 0.25) is 0 Å². The fourth-order valence-electron chi connectivity index (χ4n) is 2.24. The van der Waals surface area contributed by atoms with E-state index in [0.717, 1.165) is 19.5 Å². The predicted molar refractivity (Wildman–Crippen MR) is 66.6 cm³/mol. The Morgan fingerprint density at radius 1 is 1.60 bits per heavy atom. The van der Waals surface area contributed by atoms with Crippen LogP contribution < -0.4 is 28.7 Å². The molecule has 6 heteroatoms. The number of nitriles is 1. The van der Waals surface area contributed by atoms with Crippen LogP contribution >= 0.6 is 0 Å². The van der Waals surface area contributed by atoms with Gasteiger partial charge >= 0.3 is 18.9 Å². The number of carbonyl (C=O) groups excluding carboxylic acids is 1. The predicted octanol–water partition coefficient (Wildman–Crippen LogP) is -2.74. The van der Waals surface area contributed by atoms with E-state index in [1.165, 1.54) is 18.2 Å². The first kappa shape index (κ1) is 16.6. The molecule has 0 radical (unpaired) electrons. The first-order valence-corrected chi connectivity index (χ1v) is 6.17. The summed E-state index contributed by atoms with van der Waals surface area (Å²) in [6.45, 7) is 2.59. The molecular weight excluding hydrogens is 251 g/mol. The van der Waals surface area contributed by atoms with Gasteiger partial charge in [-0.25, -0.2) is 0 Å². The average molecular weight is 266 g/mol. The third-order valence-corrected chi connectivity index (χ3v) is 3.30. The van der Waals surface area contributed by atoms with Crippen LogP contribution in [0.2, 0.25) is 0 Å². The largest absolute Gasteiger partial charge is 1.00 e. The number of benzene rings is 1. The summed E-state index contributed by atoms with van der Waals surface area (Å²) < 4.78 is 5.63. The van der Waals surface area contributed by atoms with Crippen LogP contribution in [0.3, 0.4) is 0 Å². The molecule has 1 heterocycles. The SMILES string of the molecule is CN1CCC(COc2ccc(C(=O)[O-])cc2C#N)C1.[Li+]. The zero-order chi connectivity index (χ0) is 13.8. The fourth-order valence-corrected chi connectivity index (χ4v) is 2.24. The van der Waals surface area contributed by atoms with Crippen LogP contribution in [0.25, 0.3) is 0 Å². The Morgan fingerprint density at radius 3 is 2.90 bits per heavy atom. The molecule has 1 atom stereocenters. The van der Waals surface area contributed by atoms with E-state index in [1.807, 2.05) is 6.07 Å². The van der Waals surface area contributed by atoms with Crippen molar-refractivity contribution < 1.29 is 33.5 Å². The molecule has 1 aliphatic heterocycles. The average Bonchev–Trinajstić information content (AvgIpc) is 2.81. The summed E-state index contributed by atoms with van der Waals surface area (Å²) in [6.07, 6.45) is 1.08. The Bertz CT molecular complexity index is 528. The number of carbonyl (C=O) groups is 1. The minimum absolute atomic E-state index is 0. The van der Waals surface area contributed by atoms with Crippen LogP contribution in [0.5, 0.6) is 5.75 Å². The van der Waals surface area contributed by atoms with Crippen molar-refractivity contribution in [3.8, 4) is 11.8 Å². The number of rotatable bonds is 4. The quantitative estimate of drug-likeness (QED) is 0.552. The van der Waals surface area contributed by atoms with Crippen molar-refractivity contribution in [1.82, 2.24) is 4.90 Å². The van der Waals surface area contributed by atoms with Gasteiger partial charge in [0.1, 0.15) is 11.8 Å². The van der Waals surface area contributed by atoms with Crippen molar-refractivity contribution in [2.24, 2.45) is 5.92 Å². The van der Waals surface area contributed by atoms with Crippen molar-refractivity contribution in [3.63, 3.8) is 0 Å². The van der Waals surface area contributed by atoms with Gasteiger partial charge in [0.15, 0.2) is 0 Å². The molecule has 1 unspecified atom stereocenters. The second-order valence-electron chi connectivity index (χ2n) is 4.84. The van der Waals surface area contributed by atoms with Gasteiger partial charge in [-0.15, -0.1) is 0 Å². The number of nitrogens with zero attached hydrogens (tertiary/aromatic N) is 2. The number of carboxylic acid groups (broad SMARTS) is 1. The molecular formula is C14H15LiN2O3. The Hall–Kier alpha value is -1.46. The molecule has 1 aromatic carbocycles. The van der Waals surface area contributed by atoms with Gasteiger partial charge in [-0.05, 0) is 43.8 Å². The fraction of sp³-hybridized carbons (Fsp3) is 0.429. The van der Waals surface area contributed by atoms with Crippen LogP contribution in [0.15, 0.2) is 18.2 Å². The minimum Gasteiger partial charge on any atom is -0.545 e. The van der Waals surface area contributed by atoms with Crippen molar-refractivity contribution in [2.75, 3.05) is 26.7 Å². The minimum atomic E-state index is -1.29. The van der Waals surface area contributed by atoms with Gasteiger partial charge in [0, 0.05) is 12.5 Å². The maximum Gasteiger partial charge on any atom is 1.00 e. The molecule has 1 saturated heterocycles. The molecule has 0 amide bonds. The molecule has 1 aromatic rings. The molecule has 0 N–H and O–H groups in total. The molecule has 1 aliphatic rings. The number of hydrogen-bond acceptors (Lipinski definition) is 5. The Morgan fingerprint density at radius 2 is 2.35 bits per heavy atom. The van der Waals surface area contributed by atoms with Gasteiger partial charge < -0.3 is 19.5 Å². The molecule has 0 aromatic heterocycles. The number of likely N-dealkylation sites (tertiary alicyclic amines) is 1. The molecule has 5 nitrogen and oxygen atoms in total. The van der Waals surface area contributed by atoms with Crippen molar-refractivity contribution >= 4 is 5.97 Å². The van der Waals surface area contributed by atoms with E-state index in [9.17, 15) is 9.90 Å². The van der Waals surface area contributed by atoms with E-state index < -0.39 is 5.97 Å². The summed E-state index contributed by atoms with van der Waals surface area (Å²) in [6, 6.07) is 6.14. The zero-order valence-electron chi connectivity index (χ0n) is 11.8. The van der Waals surface area contributed by atoms with Crippen LogP contribution in [0.4, 0.5) is 0 Å². The van der Waals surface area contributed by atoms with E-state index in [-0.39, 0.29) is 30.0 Å². The van der Waals surface area contributed by atoms with Crippen LogP contribution in [-0.2, 0) is 0 Å². The first-order chi connectivity index (χ1) is 9.10. The van der Waals surface area contributed by atoms with Crippen LogP contribution in [0.1, 0.15) is 22.3 Å². The van der Waals surface area contributed by atoms with E-state index in [4.69, 9.17) is 10.00 Å².